The number of benzene rings is 1. The molecule has 21 heavy (non-hydrogen) atoms. The number of halogens is 1. The fourth-order valence-corrected chi connectivity index (χ4v) is 1.88. The summed E-state index contributed by atoms with van der Waals surface area (Å²) in [6.45, 7) is 0. The Kier molecular flexibility index (Phi) is 3.33. The van der Waals surface area contributed by atoms with Gasteiger partial charge in [-0.25, -0.2) is 4.79 Å². The third-order valence-electron chi connectivity index (χ3n) is 2.62. The second-order valence-electron chi connectivity index (χ2n) is 4.03. The third-order valence-corrected chi connectivity index (χ3v) is 2.95. The minimum absolute atomic E-state index is 0.228. The first kappa shape index (κ1) is 13.2. The van der Waals surface area contributed by atoms with Crippen molar-refractivity contribution >= 4 is 23.4 Å². The number of amides is 1. The molecule has 0 radical (unpaired) electrons. The number of hydrogen-bond acceptors (Lipinski definition) is 5. The van der Waals surface area contributed by atoms with Crippen LogP contribution in [0.25, 0.3) is 23.0 Å². The largest absolute Gasteiger partial charge is 0.465 e. The number of carbonyl (C=O) groups is 1. The van der Waals surface area contributed by atoms with Crippen molar-refractivity contribution < 1.29 is 18.8 Å². The molecule has 3 aromatic rings. The molecule has 8 heteroatoms. The Labute approximate surface area is 123 Å². The van der Waals surface area contributed by atoms with Gasteiger partial charge in [0.1, 0.15) is 0 Å². The van der Waals surface area contributed by atoms with Crippen molar-refractivity contribution in [3.05, 3.63) is 41.6 Å². The summed E-state index contributed by atoms with van der Waals surface area (Å²) in [5, 5.41) is 15.0. The van der Waals surface area contributed by atoms with E-state index in [-0.39, 0.29) is 16.6 Å². The van der Waals surface area contributed by atoms with Crippen LogP contribution in [0.4, 0.5) is 10.5 Å². The molecular formula is C13H8ClN3O4. The molecule has 0 aliphatic heterocycles. The Morgan fingerprint density at radius 3 is 2.90 bits per heavy atom. The van der Waals surface area contributed by atoms with Crippen molar-refractivity contribution in [2.75, 3.05) is 5.32 Å². The quantitative estimate of drug-likeness (QED) is 0.764. The lowest BCUT2D eigenvalue weighted by molar-refractivity contribution is 0.210. The molecule has 0 unspecified atom stereocenters. The minimum Gasteiger partial charge on any atom is -0.465 e. The predicted octanol–water partition coefficient (Wildman–Crippen LogP) is 3.74. The lowest BCUT2D eigenvalue weighted by Gasteiger charge is -2.04. The van der Waals surface area contributed by atoms with Crippen molar-refractivity contribution in [3.63, 3.8) is 0 Å². The fraction of sp³-hybridized carbons (Fsp3) is 0. The molecule has 2 heterocycles. The van der Waals surface area contributed by atoms with Crippen LogP contribution in [0, 0.1) is 0 Å². The standard InChI is InChI=1S/C13H8ClN3O4/c14-8-4-3-7(6-9(8)15-13(18)19)12-16-11(17-21-12)10-2-1-5-20-10/h1-6,15H,(H,18,19). The second kappa shape index (κ2) is 5.29. The molecule has 0 bridgehead atoms. The van der Waals surface area contributed by atoms with E-state index in [0.717, 1.165) is 0 Å². The second-order valence-corrected chi connectivity index (χ2v) is 4.43. The molecule has 0 saturated carbocycles. The van der Waals surface area contributed by atoms with Gasteiger partial charge in [0.25, 0.3) is 5.89 Å². The number of anilines is 1. The minimum atomic E-state index is -1.21. The highest BCUT2D eigenvalue weighted by Gasteiger charge is 2.14. The Morgan fingerprint density at radius 2 is 2.19 bits per heavy atom. The molecule has 0 saturated heterocycles. The molecule has 7 nitrogen and oxygen atoms in total. The number of rotatable bonds is 3. The highest BCUT2D eigenvalue weighted by atomic mass is 35.5. The van der Waals surface area contributed by atoms with Gasteiger partial charge in [0.2, 0.25) is 5.82 Å². The topological polar surface area (TPSA) is 101 Å². The van der Waals surface area contributed by atoms with Crippen molar-refractivity contribution in [2.45, 2.75) is 0 Å². The predicted molar refractivity (Wildman–Crippen MR) is 74.1 cm³/mol. The first-order valence-corrected chi connectivity index (χ1v) is 6.19. The van der Waals surface area contributed by atoms with E-state index in [1.807, 2.05) is 0 Å². The summed E-state index contributed by atoms with van der Waals surface area (Å²) in [6.07, 6.45) is 0.290. The van der Waals surface area contributed by atoms with Crippen molar-refractivity contribution in [1.82, 2.24) is 10.1 Å². The highest BCUT2D eigenvalue weighted by Crippen LogP contribution is 2.29. The summed E-state index contributed by atoms with van der Waals surface area (Å²) in [5.41, 5.74) is 0.771. The van der Waals surface area contributed by atoms with E-state index in [9.17, 15) is 4.79 Å². The average molecular weight is 306 g/mol. The van der Waals surface area contributed by atoms with Gasteiger partial charge in [0, 0.05) is 5.56 Å². The molecule has 0 aliphatic rings. The van der Waals surface area contributed by atoms with Gasteiger partial charge in [-0.2, -0.15) is 4.98 Å². The SMILES string of the molecule is O=C(O)Nc1cc(-c2nc(-c3ccco3)no2)ccc1Cl. The van der Waals surface area contributed by atoms with Crippen LogP contribution in [-0.4, -0.2) is 21.3 Å². The van der Waals surface area contributed by atoms with Gasteiger partial charge in [-0.3, -0.25) is 5.32 Å². The van der Waals surface area contributed by atoms with E-state index in [0.29, 0.717) is 17.1 Å². The van der Waals surface area contributed by atoms with E-state index < -0.39 is 6.09 Å². The number of furan rings is 1. The molecule has 3 rings (SSSR count). The van der Waals surface area contributed by atoms with Gasteiger partial charge in [0.15, 0.2) is 5.76 Å². The molecular weight excluding hydrogens is 298 g/mol. The van der Waals surface area contributed by atoms with Gasteiger partial charge >= 0.3 is 6.09 Å². The number of nitrogens with zero attached hydrogens (tertiary/aromatic N) is 2. The lowest BCUT2D eigenvalue weighted by Crippen LogP contribution is -2.07. The van der Waals surface area contributed by atoms with Crippen LogP contribution < -0.4 is 5.32 Å². The summed E-state index contributed by atoms with van der Waals surface area (Å²) < 4.78 is 10.3. The Balaban J connectivity index is 1.95. The number of aromatic nitrogens is 2. The van der Waals surface area contributed by atoms with Gasteiger partial charge in [-0.15, -0.1) is 0 Å². The first-order valence-electron chi connectivity index (χ1n) is 5.81. The van der Waals surface area contributed by atoms with Crippen LogP contribution in [0.1, 0.15) is 0 Å². The zero-order valence-electron chi connectivity index (χ0n) is 10.4. The number of carboxylic acid groups (broad SMARTS) is 1. The molecule has 2 N–H and O–H groups in total. The summed E-state index contributed by atoms with van der Waals surface area (Å²) in [5.74, 6) is 1.01. The Bertz CT molecular complexity index is 783. The average Bonchev–Trinajstić information content (AvgIpc) is 3.10. The Hall–Kier alpha value is -2.80. The van der Waals surface area contributed by atoms with Crippen LogP contribution in [0.5, 0.6) is 0 Å². The summed E-state index contributed by atoms with van der Waals surface area (Å²) in [7, 11) is 0. The molecule has 0 atom stereocenters. The van der Waals surface area contributed by atoms with E-state index in [2.05, 4.69) is 15.5 Å². The van der Waals surface area contributed by atoms with Crippen LogP contribution in [0.3, 0.4) is 0 Å². The van der Waals surface area contributed by atoms with E-state index in [1.54, 1.807) is 24.3 Å². The van der Waals surface area contributed by atoms with Gasteiger partial charge in [0.05, 0.1) is 17.0 Å². The summed E-state index contributed by atoms with van der Waals surface area (Å²) in [4.78, 5) is 14.9. The molecule has 0 spiro atoms. The zero-order valence-corrected chi connectivity index (χ0v) is 11.2. The molecule has 1 aromatic carbocycles. The van der Waals surface area contributed by atoms with Crippen LogP contribution >= 0.6 is 11.6 Å². The summed E-state index contributed by atoms with van der Waals surface area (Å²) in [6, 6.07) is 8.11. The normalized spacial score (nSPS) is 10.5. The van der Waals surface area contributed by atoms with Crippen molar-refractivity contribution in [1.29, 1.82) is 0 Å². The highest BCUT2D eigenvalue weighted by molar-refractivity contribution is 6.33. The first-order chi connectivity index (χ1) is 10.1. The third kappa shape index (κ3) is 2.72. The van der Waals surface area contributed by atoms with Crippen molar-refractivity contribution in [3.8, 4) is 23.0 Å². The maximum absolute atomic E-state index is 10.7. The van der Waals surface area contributed by atoms with Crippen LogP contribution in [-0.2, 0) is 0 Å². The van der Waals surface area contributed by atoms with Gasteiger partial charge < -0.3 is 14.0 Å². The van der Waals surface area contributed by atoms with E-state index in [4.69, 9.17) is 25.6 Å². The van der Waals surface area contributed by atoms with Gasteiger partial charge in [-0.1, -0.05) is 16.8 Å². The van der Waals surface area contributed by atoms with E-state index in [1.165, 1.54) is 12.3 Å². The van der Waals surface area contributed by atoms with E-state index >= 15 is 0 Å². The van der Waals surface area contributed by atoms with Crippen LogP contribution in [0.2, 0.25) is 5.02 Å². The molecule has 2 aromatic heterocycles. The smallest absolute Gasteiger partial charge is 0.409 e. The fourth-order valence-electron chi connectivity index (χ4n) is 1.72. The molecule has 0 fully saturated rings. The molecule has 106 valence electrons. The van der Waals surface area contributed by atoms with Crippen molar-refractivity contribution in [2.24, 2.45) is 0 Å². The maximum Gasteiger partial charge on any atom is 0.409 e. The number of nitrogens with one attached hydrogen (secondary N) is 1. The van der Waals surface area contributed by atoms with Crippen LogP contribution in [0.15, 0.2) is 45.5 Å². The van der Waals surface area contributed by atoms with Gasteiger partial charge in [-0.05, 0) is 30.3 Å². The summed E-state index contributed by atoms with van der Waals surface area (Å²) >= 11 is 5.91. The molecule has 1 amide bonds. The molecule has 0 aliphatic carbocycles. The Morgan fingerprint density at radius 1 is 1.33 bits per heavy atom. The lowest BCUT2D eigenvalue weighted by atomic mass is 10.2. The zero-order chi connectivity index (χ0) is 14.8. The number of hydrogen-bond donors (Lipinski definition) is 2. The monoisotopic (exact) mass is 305 g/mol. The maximum atomic E-state index is 10.7.